The van der Waals surface area contributed by atoms with E-state index in [1.165, 1.54) is 6.07 Å². The number of ether oxygens (including phenoxy) is 1. The zero-order valence-corrected chi connectivity index (χ0v) is 11.9. The van der Waals surface area contributed by atoms with Crippen molar-refractivity contribution in [3.05, 3.63) is 29.3 Å². The fraction of sp³-hybridized carbons (Fsp3) is 0.500. The second kappa shape index (κ2) is 6.30. The Morgan fingerprint density at radius 1 is 1.24 bits per heavy atom. The molecule has 21 heavy (non-hydrogen) atoms. The number of alkyl halides is 3. The third-order valence-electron chi connectivity index (χ3n) is 2.92. The van der Waals surface area contributed by atoms with E-state index >= 15 is 0 Å². The lowest BCUT2D eigenvalue weighted by molar-refractivity contribution is -0.173. The van der Waals surface area contributed by atoms with Gasteiger partial charge in [0.1, 0.15) is 6.61 Å². The standard InChI is InChI=1S/C12H15F3N2O3S/c13-12(14,15)8-20-4-3-17-21(18,19)11-2-1-9-6-16-7-10(9)5-11/h1-2,5,16-17H,3-4,6-8H2. The molecule has 0 aliphatic carbocycles. The van der Waals surface area contributed by atoms with Crippen LogP contribution in [0.2, 0.25) is 0 Å². The molecule has 1 aromatic carbocycles. The zero-order chi connectivity index (χ0) is 15.5. The van der Waals surface area contributed by atoms with Crippen LogP contribution in [-0.4, -0.2) is 34.4 Å². The van der Waals surface area contributed by atoms with Gasteiger partial charge in [-0.05, 0) is 23.3 Å². The molecule has 0 saturated heterocycles. The highest BCUT2D eigenvalue weighted by atomic mass is 32.2. The van der Waals surface area contributed by atoms with Crippen LogP contribution in [0, 0.1) is 0 Å². The molecule has 1 aromatic rings. The van der Waals surface area contributed by atoms with Gasteiger partial charge in [-0.2, -0.15) is 13.2 Å². The molecule has 0 bridgehead atoms. The Hall–Kier alpha value is -1.16. The van der Waals surface area contributed by atoms with Crippen molar-refractivity contribution in [2.75, 3.05) is 19.8 Å². The number of hydrogen-bond donors (Lipinski definition) is 2. The van der Waals surface area contributed by atoms with Crippen LogP contribution in [0.4, 0.5) is 13.2 Å². The van der Waals surface area contributed by atoms with Crippen LogP contribution in [0.1, 0.15) is 11.1 Å². The molecule has 0 unspecified atom stereocenters. The van der Waals surface area contributed by atoms with Gasteiger partial charge in [-0.15, -0.1) is 0 Å². The second-order valence-corrected chi connectivity index (χ2v) is 6.37. The minimum absolute atomic E-state index is 0.0979. The molecule has 9 heteroatoms. The van der Waals surface area contributed by atoms with Crippen LogP contribution in [0.15, 0.2) is 23.1 Å². The van der Waals surface area contributed by atoms with Crippen molar-refractivity contribution in [1.29, 1.82) is 0 Å². The first-order valence-electron chi connectivity index (χ1n) is 6.25. The summed E-state index contributed by atoms with van der Waals surface area (Å²) in [6.45, 7) is -0.639. The van der Waals surface area contributed by atoms with E-state index in [2.05, 4.69) is 14.8 Å². The van der Waals surface area contributed by atoms with E-state index in [1.807, 2.05) is 0 Å². The van der Waals surface area contributed by atoms with E-state index < -0.39 is 22.8 Å². The van der Waals surface area contributed by atoms with Crippen molar-refractivity contribution in [1.82, 2.24) is 10.0 Å². The SMILES string of the molecule is O=S(=O)(NCCOCC(F)(F)F)c1ccc2c(c1)CNC2. The van der Waals surface area contributed by atoms with Crippen molar-refractivity contribution in [2.45, 2.75) is 24.2 Å². The molecule has 1 heterocycles. The number of halogens is 3. The zero-order valence-electron chi connectivity index (χ0n) is 11.0. The molecular formula is C12H15F3N2O3S. The molecule has 0 fully saturated rings. The van der Waals surface area contributed by atoms with Crippen LogP contribution >= 0.6 is 0 Å². The summed E-state index contributed by atoms with van der Waals surface area (Å²) >= 11 is 0. The number of fused-ring (bicyclic) bond motifs is 1. The van der Waals surface area contributed by atoms with Gasteiger partial charge in [-0.3, -0.25) is 0 Å². The highest BCUT2D eigenvalue weighted by molar-refractivity contribution is 7.89. The quantitative estimate of drug-likeness (QED) is 0.770. The molecule has 0 radical (unpaired) electrons. The third kappa shape index (κ3) is 4.67. The first kappa shape index (κ1) is 16.2. The normalized spacial score (nSPS) is 15.2. The summed E-state index contributed by atoms with van der Waals surface area (Å²) in [5.74, 6) is 0. The average Bonchev–Trinajstić information content (AvgIpc) is 2.83. The number of nitrogens with one attached hydrogen (secondary N) is 2. The Morgan fingerprint density at radius 2 is 1.95 bits per heavy atom. The van der Waals surface area contributed by atoms with Gasteiger partial charge in [0, 0.05) is 19.6 Å². The minimum atomic E-state index is -4.41. The predicted octanol–water partition coefficient (Wildman–Crippen LogP) is 1.15. The molecule has 1 aliphatic rings. The maximum absolute atomic E-state index is 12.0. The van der Waals surface area contributed by atoms with Crippen LogP contribution in [0.3, 0.4) is 0 Å². The highest BCUT2D eigenvalue weighted by Crippen LogP contribution is 2.19. The minimum Gasteiger partial charge on any atom is -0.371 e. The molecule has 0 aromatic heterocycles. The molecule has 0 amide bonds. The second-order valence-electron chi connectivity index (χ2n) is 4.60. The fourth-order valence-electron chi connectivity index (χ4n) is 1.96. The van der Waals surface area contributed by atoms with Gasteiger partial charge >= 0.3 is 6.18 Å². The monoisotopic (exact) mass is 324 g/mol. The van der Waals surface area contributed by atoms with Gasteiger partial charge in [0.25, 0.3) is 0 Å². The number of hydrogen-bond acceptors (Lipinski definition) is 4. The van der Waals surface area contributed by atoms with Crippen LogP contribution in [0.5, 0.6) is 0 Å². The molecule has 1 aliphatic heterocycles. The Kier molecular flexibility index (Phi) is 4.87. The Bertz CT molecular complexity index is 602. The Morgan fingerprint density at radius 3 is 2.67 bits per heavy atom. The van der Waals surface area contributed by atoms with E-state index in [1.54, 1.807) is 12.1 Å². The van der Waals surface area contributed by atoms with Gasteiger partial charge in [0.05, 0.1) is 11.5 Å². The van der Waals surface area contributed by atoms with E-state index in [0.717, 1.165) is 11.1 Å². The predicted molar refractivity (Wildman–Crippen MR) is 69.0 cm³/mol. The lowest BCUT2D eigenvalue weighted by Gasteiger charge is -2.10. The molecule has 2 rings (SSSR count). The molecule has 2 N–H and O–H groups in total. The first-order chi connectivity index (χ1) is 9.78. The summed E-state index contributed by atoms with van der Waals surface area (Å²) in [7, 11) is -3.74. The molecule has 0 atom stereocenters. The van der Waals surface area contributed by atoms with Crippen molar-refractivity contribution in [3.63, 3.8) is 0 Å². The van der Waals surface area contributed by atoms with Crippen molar-refractivity contribution in [3.8, 4) is 0 Å². The van der Waals surface area contributed by atoms with E-state index in [9.17, 15) is 21.6 Å². The maximum atomic E-state index is 12.0. The van der Waals surface area contributed by atoms with Gasteiger partial charge in [0.2, 0.25) is 10.0 Å². The largest absolute Gasteiger partial charge is 0.411 e. The number of sulfonamides is 1. The van der Waals surface area contributed by atoms with E-state index in [-0.39, 0.29) is 18.0 Å². The maximum Gasteiger partial charge on any atom is 0.411 e. The van der Waals surface area contributed by atoms with E-state index in [4.69, 9.17) is 0 Å². The fourth-order valence-corrected chi connectivity index (χ4v) is 3.02. The van der Waals surface area contributed by atoms with Gasteiger partial charge in [-0.25, -0.2) is 13.1 Å². The molecule has 118 valence electrons. The van der Waals surface area contributed by atoms with Crippen LogP contribution < -0.4 is 10.0 Å². The molecular weight excluding hydrogens is 309 g/mol. The van der Waals surface area contributed by atoms with E-state index in [0.29, 0.717) is 13.1 Å². The summed E-state index contributed by atoms with van der Waals surface area (Å²) in [6, 6.07) is 4.77. The van der Waals surface area contributed by atoms with Crippen LogP contribution in [0.25, 0.3) is 0 Å². The lowest BCUT2D eigenvalue weighted by Crippen LogP contribution is -2.29. The van der Waals surface area contributed by atoms with Crippen molar-refractivity contribution >= 4 is 10.0 Å². The third-order valence-corrected chi connectivity index (χ3v) is 4.38. The first-order valence-corrected chi connectivity index (χ1v) is 7.73. The molecule has 0 saturated carbocycles. The molecule has 5 nitrogen and oxygen atoms in total. The average molecular weight is 324 g/mol. The summed E-state index contributed by atoms with van der Waals surface area (Å²) in [4.78, 5) is 0.0979. The molecule has 0 spiro atoms. The summed E-state index contributed by atoms with van der Waals surface area (Å²) in [5, 5.41) is 3.10. The van der Waals surface area contributed by atoms with Gasteiger partial charge in [0.15, 0.2) is 0 Å². The smallest absolute Gasteiger partial charge is 0.371 e. The van der Waals surface area contributed by atoms with Gasteiger partial charge in [-0.1, -0.05) is 6.07 Å². The summed E-state index contributed by atoms with van der Waals surface area (Å²) in [6.07, 6.45) is -4.41. The highest BCUT2D eigenvalue weighted by Gasteiger charge is 2.27. The number of benzene rings is 1. The van der Waals surface area contributed by atoms with Crippen molar-refractivity contribution < 1.29 is 26.3 Å². The topological polar surface area (TPSA) is 67.4 Å². The lowest BCUT2D eigenvalue weighted by atomic mass is 10.1. The Labute approximate surface area is 120 Å². The van der Waals surface area contributed by atoms with Crippen LogP contribution in [-0.2, 0) is 27.8 Å². The van der Waals surface area contributed by atoms with Gasteiger partial charge < -0.3 is 10.1 Å². The van der Waals surface area contributed by atoms with Crippen molar-refractivity contribution in [2.24, 2.45) is 0 Å². The summed E-state index contributed by atoms with van der Waals surface area (Å²) in [5.41, 5.74) is 1.95. The Balaban J connectivity index is 1.87. The number of rotatable bonds is 6. The summed E-state index contributed by atoms with van der Waals surface area (Å²) < 4.78 is 66.0.